The Morgan fingerprint density at radius 2 is 1.59 bits per heavy atom. The highest BCUT2D eigenvalue weighted by Gasteiger charge is 2.08. The highest BCUT2D eigenvalue weighted by molar-refractivity contribution is 5.81. The summed E-state index contributed by atoms with van der Waals surface area (Å²) in [5.74, 6) is 3.27. The first-order valence-electron chi connectivity index (χ1n) is 8.85. The first kappa shape index (κ1) is 15.6. The lowest BCUT2D eigenvalue weighted by Gasteiger charge is -2.05. The third-order valence-electron chi connectivity index (χ3n) is 4.55. The third-order valence-corrected chi connectivity index (χ3v) is 4.55. The molecule has 5 nitrogen and oxygen atoms in total. The molecule has 5 rings (SSSR count). The van der Waals surface area contributed by atoms with Gasteiger partial charge in [0.25, 0.3) is 0 Å². The number of aromatic nitrogens is 4. The number of fused-ring (bicyclic) bond motifs is 2. The lowest BCUT2D eigenvalue weighted by atomic mass is 10.1. The molecule has 27 heavy (non-hydrogen) atoms. The molecule has 0 bridgehead atoms. The molecule has 0 aliphatic heterocycles. The fourth-order valence-electron chi connectivity index (χ4n) is 3.29. The molecule has 0 spiro atoms. The molecule has 3 aromatic carbocycles. The van der Waals surface area contributed by atoms with E-state index in [4.69, 9.17) is 9.72 Å². The molecule has 5 aromatic rings. The number of ether oxygens (including phenoxy) is 1. The monoisotopic (exact) mass is 354 g/mol. The van der Waals surface area contributed by atoms with Crippen LogP contribution in [0.25, 0.3) is 33.5 Å². The van der Waals surface area contributed by atoms with Crippen molar-refractivity contribution in [2.24, 2.45) is 0 Å². The van der Waals surface area contributed by atoms with Gasteiger partial charge in [-0.3, -0.25) is 0 Å². The molecular weight excluding hydrogens is 336 g/mol. The number of imidazole rings is 2. The summed E-state index contributed by atoms with van der Waals surface area (Å²) in [6.45, 7) is 4.02. The summed E-state index contributed by atoms with van der Waals surface area (Å²) >= 11 is 0. The Hall–Kier alpha value is -3.60. The first-order chi connectivity index (χ1) is 13.1. The lowest BCUT2D eigenvalue weighted by molar-refractivity contribution is 0.484. The number of nitrogens with one attached hydrogen (secondary N) is 2. The van der Waals surface area contributed by atoms with Crippen LogP contribution in [-0.4, -0.2) is 19.9 Å². The Morgan fingerprint density at radius 1 is 0.741 bits per heavy atom. The number of aromatic amines is 2. The quantitative estimate of drug-likeness (QED) is 0.448. The highest BCUT2D eigenvalue weighted by Crippen LogP contribution is 2.28. The van der Waals surface area contributed by atoms with E-state index in [1.54, 1.807) is 0 Å². The topological polar surface area (TPSA) is 66.6 Å². The number of hydrogen-bond acceptors (Lipinski definition) is 3. The number of aryl methyl sites for hydroxylation is 2. The number of rotatable bonds is 3. The van der Waals surface area contributed by atoms with Crippen molar-refractivity contribution in [3.05, 3.63) is 72.1 Å². The Balaban J connectivity index is 1.48. The molecule has 0 atom stereocenters. The molecule has 5 heteroatoms. The summed E-state index contributed by atoms with van der Waals surface area (Å²) in [6, 6.07) is 20.0. The molecular formula is C22H18N4O. The molecule has 0 aliphatic rings. The average molecular weight is 354 g/mol. The van der Waals surface area contributed by atoms with Crippen LogP contribution in [0.5, 0.6) is 11.5 Å². The van der Waals surface area contributed by atoms with Crippen molar-refractivity contribution >= 4 is 22.1 Å². The second-order valence-electron chi connectivity index (χ2n) is 6.74. The molecule has 2 aromatic heterocycles. The maximum Gasteiger partial charge on any atom is 0.138 e. The van der Waals surface area contributed by atoms with Gasteiger partial charge in [-0.15, -0.1) is 0 Å². The fourth-order valence-corrected chi connectivity index (χ4v) is 3.29. The maximum atomic E-state index is 6.04. The van der Waals surface area contributed by atoms with E-state index in [0.717, 1.165) is 50.8 Å². The molecule has 0 unspecified atom stereocenters. The van der Waals surface area contributed by atoms with E-state index in [9.17, 15) is 0 Å². The summed E-state index contributed by atoms with van der Waals surface area (Å²) in [4.78, 5) is 15.8. The van der Waals surface area contributed by atoms with Gasteiger partial charge in [0.15, 0.2) is 0 Å². The lowest BCUT2D eigenvalue weighted by Crippen LogP contribution is -1.84. The normalized spacial score (nSPS) is 11.3. The van der Waals surface area contributed by atoms with Crippen molar-refractivity contribution in [3.63, 3.8) is 0 Å². The Morgan fingerprint density at radius 3 is 2.48 bits per heavy atom. The molecule has 0 aliphatic carbocycles. The molecule has 0 amide bonds. The predicted molar refractivity (Wildman–Crippen MR) is 107 cm³/mol. The smallest absolute Gasteiger partial charge is 0.138 e. The van der Waals surface area contributed by atoms with Crippen LogP contribution in [0, 0.1) is 13.8 Å². The minimum Gasteiger partial charge on any atom is -0.457 e. The van der Waals surface area contributed by atoms with Crippen LogP contribution in [0.15, 0.2) is 60.7 Å². The van der Waals surface area contributed by atoms with Gasteiger partial charge in [0, 0.05) is 17.7 Å². The standard InChI is InChI=1S/C22H18N4O/c1-13-4-3-5-15(10-13)22-25-19-9-7-17(12-21(19)26-22)27-16-6-8-18-20(11-16)24-14(2)23-18/h3-12H,1-2H3,(H,23,24)(H,25,26). The van der Waals surface area contributed by atoms with Crippen LogP contribution in [0.2, 0.25) is 0 Å². The van der Waals surface area contributed by atoms with E-state index in [0.29, 0.717) is 0 Å². The minimum atomic E-state index is 0.750. The second kappa shape index (κ2) is 5.99. The van der Waals surface area contributed by atoms with Gasteiger partial charge < -0.3 is 14.7 Å². The van der Waals surface area contributed by atoms with E-state index in [2.05, 4.69) is 40.1 Å². The van der Waals surface area contributed by atoms with Crippen LogP contribution >= 0.6 is 0 Å². The van der Waals surface area contributed by atoms with E-state index < -0.39 is 0 Å². The van der Waals surface area contributed by atoms with Crippen LogP contribution in [0.3, 0.4) is 0 Å². The van der Waals surface area contributed by atoms with E-state index >= 15 is 0 Å². The minimum absolute atomic E-state index is 0.750. The number of H-pyrrole nitrogens is 2. The number of hydrogen-bond donors (Lipinski definition) is 2. The molecule has 0 saturated heterocycles. The Labute approximate surface area is 156 Å². The number of nitrogens with zero attached hydrogens (tertiary/aromatic N) is 2. The van der Waals surface area contributed by atoms with Gasteiger partial charge in [-0.2, -0.15) is 0 Å². The van der Waals surface area contributed by atoms with E-state index in [-0.39, 0.29) is 0 Å². The molecule has 2 N–H and O–H groups in total. The van der Waals surface area contributed by atoms with Crippen LogP contribution in [-0.2, 0) is 0 Å². The Kier molecular flexibility index (Phi) is 3.47. The van der Waals surface area contributed by atoms with Crippen LogP contribution in [0.1, 0.15) is 11.4 Å². The zero-order chi connectivity index (χ0) is 18.4. The van der Waals surface area contributed by atoms with E-state index in [1.165, 1.54) is 5.56 Å². The molecule has 0 saturated carbocycles. The van der Waals surface area contributed by atoms with E-state index in [1.807, 2.05) is 49.4 Å². The van der Waals surface area contributed by atoms with Gasteiger partial charge in [-0.1, -0.05) is 23.8 Å². The highest BCUT2D eigenvalue weighted by atomic mass is 16.5. The molecule has 0 fully saturated rings. The second-order valence-corrected chi connectivity index (χ2v) is 6.74. The molecule has 0 radical (unpaired) electrons. The SMILES string of the molecule is Cc1cccc(-c2nc3cc(Oc4ccc5nc(C)[nH]c5c4)ccc3[nH]2)c1. The van der Waals surface area contributed by atoms with Gasteiger partial charge in [-0.25, -0.2) is 9.97 Å². The maximum absolute atomic E-state index is 6.04. The molecule has 2 heterocycles. The average Bonchev–Trinajstić information content (AvgIpc) is 3.23. The summed E-state index contributed by atoms with van der Waals surface area (Å²) in [5, 5.41) is 0. The van der Waals surface area contributed by atoms with Crippen LogP contribution in [0.4, 0.5) is 0 Å². The van der Waals surface area contributed by atoms with Gasteiger partial charge in [-0.05, 0) is 44.2 Å². The van der Waals surface area contributed by atoms with Gasteiger partial charge in [0.05, 0.1) is 22.1 Å². The van der Waals surface area contributed by atoms with Crippen molar-refractivity contribution in [1.82, 2.24) is 19.9 Å². The van der Waals surface area contributed by atoms with Crippen molar-refractivity contribution in [3.8, 4) is 22.9 Å². The van der Waals surface area contributed by atoms with Gasteiger partial charge in [0.1, 0.15) is 23.1 Å². The zero-order valence-corrected chi connectivity index (χ0v) is 15.1. The number of benzene rings is 3. The van der Waals surface area contributed by atoms with Gasteiger partial charge >= 0.3 is 0 Å². The first-order valence-corrected chi connectivity index (χ1v) is 8.85. The van der Waals surface area contributed by atoms with Gasteiger partial charge in [0.2, 0.25) is 0 Å². The van der Waals surface area contributed by atoms with Crippen molar-refractivity contribution < 1.29 is 4.74 Å². The van der Waals surface area contributed by atoms with Crippen molar-refractivity contribution in [2.75, 3.05) is 0 Å². The summed E-state index contributed by atoms with van der Waals surface area (Å²) in [6.07, 6.45) is 0. The predicted octanol–water partition coefficient (Wildman–Crippen LogP) is 5.52. The largest absolute Gasteiger partial charge is 0.457 e. The Bertz CT molecular complexity index is 1280. The summed E-state index contributed by atoms with van der Waals surface area (Å²) in [5.41, 5.74) is 6.05. The zero-order valence-electron chi connectivity index (χ0n) is 15.1. The van der Waals surface area contributed by atoms with Crippen molar-refractivity contribution in [2.45, 2.75) is 13.8 Å². The third kappa shape index (κ3) is 2.93. The van der Waals surface area contributed by atoms with Crippen molar-refractivity contribution in [1.29, 1.82) is 0 Å². The molecule has 132 valence electrons. The summed E-state index contributed by atoms with van der Waals surface area (Å²) in [7, 11) is 0. The summed E-state index contributed by atoms with van der Waals surface area (Å²) < 4.78 is 6.04. The van der Waals surface area contributed by atoms with Crippen LogP contribution < -0.4 is 4.74 Å². The fraction of sp³-hybridized carbons (Fsp3) is 0.0909.